The maximum absolute atomic E-state index is 13.7. The molecule has 4 nitrogen and oxygen atoms in total. The van der Waals surface area contributed by atoms with Crippen LogP contribution in [0.5, 0.6) is 0 Å². The van der Waals surface area contributed by atoms with E-state index in [9.17, 15) is 23.5 Å². The van der Waals surface area contributed by atoms with Crippen molar-refractivity contribution in [1.82, 2.24) is 4.90 Å². The second kappa shape index (κ2) is 5.24. The molecule has 1 aromatic rings. The van der Waals surface area contributed by atoms with Gasteiger partial charge in [0, 0.05) is 23.4 Å². The number of hydrogen-bond acceptors (Lipinski definition) is 2. The third-order valence-corrected chi connectivity index (χ3v) is 3.55. The first-order valence-corrected chi connectivity index (χ1v) is 6.43. The molecule has 19 heavy (non-hydrogen) atoms. The summed E-state index contributed by atoms with van der Waals surface area (Å²) in [5, 5.41) is 9.21. The molecular formula is C12H10BrF2NO3. The number of amides is 1. The quantitative estimate of drug-likeness (QED) is 0.861. The van der Waals surface area contributed by atoms with Crippen molar-refractivity contribution in [2.75, 3.05) is 6.54 Å². The number of carbonyl (C=O) groups excluding carboxylic acids is 1. The number of alkyl halides is 1. The van der Waals surface area contributed by atoms with Crippen LogP contribution in [-0.4, -0.2) is 33.3 Å². The monoisotopic (exact) mass is 333 g/mol. The average Bonchev–Trinajstić information content (AvgIpc) is 2.64. The maximum Gasteiger partial charge on any atom is 0.331 e. The Bertz CT molecular complexity index is 538. The number of carboxylic acids is 1. The SMILES string of the molecule is O=C(O)C(c1cccc(F)c1F)N1CC(Br)CC1=O. The summed E-state index contributed by atoms with van der Waals surface area (Å²) in [4.78, 5) is 23.9. The third-order valence-electron chi connectivity index (χ3n) is 2.93. The van der Waals surface area contributed by atoms with Gasteiger partial charge in [0.15, 0.2) is 17.7 Å². The smallest absolute Gasteiger partial charge is 0.331 e. The van der Waals surface area contributed by atoms with Crippen molar-refractivity contribution in [2.45, 2.75) is 17.3 Å². The van der Waals surface area contributed by atoms with E-state index in [-0.39, 0.29) is 23.4 Å². The Morgan fingerprint density at radius 3 is 2.68 bits per heavy atom. The van der Waals surface area contributed by atoms with Crippen molar-refractivity contribution in [1.29, 1.82) is 0 Å². The Kier molecular flexibility index (Phi) is 3.84. The highest BCUT2D eigenvalue weighted by atomic mass is 79.9. The summed E-state index contributed by atoms with van der Waals surface area (Å²) in [6.07, 6.45) is 0.140. The standard InChI is InChI=1S/C12H10BrF2NO3/c13-6-4-9(17)16(5-6)11(12(18)19)7-2-1-3-8(14)10(7)15/h1-3,6,11H,4-5H2,(H,18,19). The van der Waals surface area contributed by atoms with Gasteiger partial charge < -0.3 is 10.0 Å². The lowest BCUT2D eigenvalue weighted by Crippen LogP contribution is -2.36. The first kappa shape index (κ1) is 13.9. The van der Waals surface area contributed by atoms with Gasteiger partial charge in [-0.15, -0.1) is 0 Å². The van der Waals surface area contributed by atoms with E-state index in [0.29, 0.717) is 0 Å². The first-order valence-electron chi connectivity index (χ1n) is 5.52. The van der Waals surface area contributed by atoms with E-state index in [1.807, 2.05) is 0 Å². The Balaban J connectivity index is 2.44. The molecule has 7 heteroatoms. The maximum atomic E-state index is 13.7. The number of rotatable bonds is 3. The number of likely N-dealkylation sites (tertiary alicyclic amines) is 1. The summed E-state index contributed by atoms with van der Waals surface area (Å²) in [6, 6.07) is 1.78. The average molecular weight is 334 g/mol. The molecule has 2 rings (SSSR count). The van der Waals surface area contributed by atoms with Crippen LogP contribution < -0.4 is 0 Å². The lowest BCUT2D eigenvalue weighted by atomic mass is 10.0. The second-order valence-electron chi connectivity index (χ2n) is 4.23. The fourth-order valence-electron chi connectivity index (χ4n) is 2.10. The van der Waals surface area contributed by atoms with Crippen LogP contribution >= 0.6 is 15.9 Å². The van der Waals surface area contributed by atoms with Gasteiger partial charge >= 0.3 is 5.97 Å². The van der Waals surface area contributed by atoms with E-state index in [2.05, 4.69) is 15.9 Å². The molecule has 1 aliphatic rings. The molecule has 102 valence electrons. The lowest BCUT2D eigenvalue weighted by Gasteiger charge is -2.25. The van der Waals surface area contributed by atoms with Crippen molar-refractivity contribution in [3.63, 3.8) is 0 Å². The van der Waals surface area contributed by atoms with Crippen LogP contribution in [0.3, 0.4) is 0 Å². The topological polar surface area (TPSA) is 57.6 Å². The molecule has 0 bridgehead atoms. The number of halogens is 3. The third kappa shape index (κ3) is 2.60. The van der Waals surface area contributed by atoms with Gasteiger partial charge in [0.25, 0.3) is 0 Å². The van der Waals surface area contributed by atoms with Crippen molar-refractivity contribution in [2.24, 2.45) is 0 Å². The highest BCUT2D eigenvalue weighted by Gasteiger charge is 2.39. The molecule has 2 unspecified atom stereocenters. The first-order chi connectivity index (χ1) is 8.91. The second-order valence-corrected chi connectivity index (χ2v) is 5.53. The van der Waals surface area contributed by atoms with Crippen LogP contribution in [0.15, 0.2) is 18.2 Å². The number of nitrogens with zero attached hydrogens (tertiary/aromatic N) is 1. The van der Waals surface area contributed by atoms with Crippen molar-refractivity contribution in [3.05, 3.63) is 35.4 Å². The minimum Gasteiger partial charge on any atom is -0.479 e. The fourth-order valence-corrected chi connectivity index (χ4v) is 2.69. The Hall–Kier alpha value is -1.50. The zero-order chi connectivity index (χ0) is 14.2. The van der Waals surface area contributed by atoms with E-state index < -0.39 is 29.6 Å². The van der Waals surface area contributed by atoms with Crippen LogP contribution in [0.4, 0.5) is 8.78 Å². The molecule has 0 saturated carbocycles. The molecule has 1 N–H and O–H groups in total. The molecular weight excluding hydrogens is 324 g/mol. The summed E-state index contributed by atoms with van der Waals surface area (Å²) in [5.41, 5.74) is -0.345. The molecule has 1 saturated heterocycles. The number of benzene rings is 1. The van der Waals surface area contributed by atoms with Gasteiger partial charge in [-0.05, 0) is 6.07 Å². The molecule has 1 aliphatic heterocycles. The Morgan fingerprint density at radius 1 is 1.47 bits per heavy atom. The van der Waals surface area contributed by atoms with Crippen LogP contribution in [0, 0.1) is 11.6 Å². The lowest BCUT2D eigenvalue weighted by molar-refractivity contribution is -0.148. The molecule has 2 atom stereocenters. The van der Waals surface area contributed by atoms with Gasteiger partial charge in [-0.3, -0.25) is 4.79 Å². The Labute approximate surface area is 116 Å². The zero-order valence-corrected chi connectivity index (χ0v) is 11.2. The molecule has 1 aromatic carbocycles. The van der Waals surface area contributed by atoms with Gasteiger partial charge in [-0.2, -0.15) is 0 Å². The van der Waals surface area contributed by atoms with E-state index >= 15 is 0 Å². The predicted octanol–water partition coefficient (Wildman–Crippen LogP) is 2.09. The highest BCUT2D eigenvalue weighted by molar-refractivity contribution is 9.09. The highest BCUT2D eigenvalue weighted by Crippen LogP contribution is 2.31. The molecule has 0 radical (unpaired) electrons. The molecule has 1 fully saturated rings. The van der Waals surface area contributed by atoms with Crippen molar-refractivity contribution >= 4 is 27.8 Å². The summed E-state index contributed by atoms with van der Waals surface area (Å²) in [7, 11) is 0. The number of aliphatic carboxylic acids is 1. The van der Waals surface area contributed by atoms with Crippen molar-refractivity contribution in [3.8, 4) is 0 Å². The van der Waals surface area contributed by atoms with Gasteiger partial charge in [0.05, 0.1) is 0 Å². The van der Waals surface area contributed by atoms with E-state index in [1.54, 1.807) is 0 Å². The molecule has 0 spiro atoms. The minimum atomic E-state index is -1.51. The van der Waals surface area contributed by atoms with Gasteiger partial charge in [0.2, 0.25) is 5.91 Å². The largest absolute Gasteiger partial charge is 0.479 e. The Morgan fingerprint density at radius 2 is 2.16 bits per heavy atom. The van der Waals surface area contributed by atoms with Crippen LogP contribution in [-0.2, 0) is 9.59 Å². The van der Waals surface area contributed by atoms with Gasteiger partial charge in [-0.1, -0.05) is 28.1 Å². The summed E-state index contributed by atoms with van der Waals surface area (Å²) in [6.45, 7) is 0.145. The predicted molar refractivity (Wildman–Crippen MR) is 65.8 cm³/mol. The number of carbonyl (C=O) groups is 2. The van der Waals surface area contributed by atoms with Gasteiger partial charge in [-0.25, -0.2) is 13.6 Å². The number of hydrogen-bond donors (Lipinski definition) is 1. The van der Waals surface area contributed by atoms with Crippen molar-refractivity contribution < 1.29 is 23.5 Å². The zero-order valence-electron chi connectivity index (χ0n) is 9.65. The fraction of sp³-hybridized carbons (Fsp3) is 0.333. The summed E-state index contributed by atoms with van der Waals surface area (Å²) >= 11 is 3.22. The molecule has 0 aliphatic carbocycles. The van der Waals surface area contributed by atoms with Crippen LogP contribution in [0.1, 0.15) is 18.0 Å². The van der Waals surface area contributed by atoms with E-state index in [0.717, 1.165) is 11.0 Å². The molecule has 0 aromatic heterocycles. The minimum absolute atomic E-state index is 0.140. The molecule has 1 heterocycles. The number of carboxylic acid groups (broad SMARTS) is 1. The van der Waals surface area contributed by atoms with Gasteiger partial charge in [0.1, 0.15) is 0 Å². The molecule has 1 amide bonds. The summed E-state index contributed by atoms with van der Waals surface area (Å²) < 4.78 is 26.9. The van der Waals surface area contributed by atoms with E-state index in [1.165, 1.54) is 12.1 Å². The van der Waals surface area contributed by atoms with Crippen LogP contribution in [0.2, 0.25) is 0 Å². The normalized spacial score (nSPS) is 20.7. The van der Waals surface area contributed by atoms with E-state index in [4.69, 9.17) is 0 Å². The summed E-state index contributed by atoms with van der Waals surface area (Å²) in [5.74, 6) is -4.16. The van der Waals surface area contributed by atoms with Crippen LogP contribution in [0.25, 0.3) is 0 Å².